The summed E-state index contributed by atoms with van der Waals surface area (Å²) in [5.41, 5.74) is -0.623. The average molecular weight is 213 g/mol. The maximum atomic E-state index is 12.2. The molecule has 0 aliphatic carbocycles. The summed E-state index contributed by atoms with van der Waals surface area (Å²) in [7, 11) is 0. The number of nitriles is 1. The molecule has 1 aromatic rings. The Morgan fingerprint density at radius 2 is 2.07 bits per heavy atom. The molecule has 0 heterocycles. The third kappa shape index (κ3) is 3.09. The van der Waals surface area contributed by atoms with Gasteiger partial charge >= 0.3 is 6.18 Å². The predicted octanol–water partition coefficient (Wildman–Crippen LogP) is 2.34. The third-order valence-corrected chi connectivity index (χ3v) is 1.74. The molecule has 0 atom stereocenters. The summed E-state index contributed by atoms with van der Waals surface area (Å²) in [6.07, 6.45) is -4.72. The van der Waals surface area contributed by atoms with E-state index < -0.39 is 17.5 Å². The second kappa shape index (κ2) is 4.13. The molecule has 0 saturated carbocycles. The molecule has 2 nitrogen and oxygen atoms in total. The van der Waals surface area contributed by atoms with Crippen molar-refractivity contribution in [3.63, 3.8) is 0 Å². The molecule has 0 fully saturated rings. The minimum atomic E-state index is -4.42. The Hall–Kier alpha value is -1.83. The molecule has 15 heavy (non-hydrogen) atoms. The van der Waals surface area contributed by atoms with Crippen LogP contribution >= 0.6 is 0 Å². The molecule has 0 N–H and O–H groups in total. The third-order valence-electron chi connectivity index (χ3n) is 1.74. The molecule has 0 aromatic heterocycles. The van der Waals surface area contributed by atoms with E-state index in [2.05, 4.69) is 0 Å². The van der Waals surface area contributed by atoms with E-state index in [9.17, 15) is 18.0 Å². The molecule has 0 radical (unpaired) electrons. The lowest BCUT2D eigenvalue weighted by molar-refractivity contribution is -0.137. The van der Waals surface area contributed by atoms with Crippen molar-refractivity contribution in [3.8, 4) is 6.07 Å². The number of halogens is 3. The molecular formula is C10H6F3NO. The number of nitrogens with zero attached hydrogens (tertiary/aromatic N) is 1. The summed E-state index contributed by atoms with van der Waals surface area (Å²) in [4.78, 5) is 10.7. The summed E-state index contributed by atoms with van der Waals surface area (Å²) >= 11 is 0. The molecule has 0 bridgehead atoms. The van der Waals surface area contributed by atoms with Crippen LogP contribution in [-0.2, 0) is 17.4 Å². The van der Waals surface area contributed by atoms with Crippen molar-refractivity contribution < 1.29 is 18.0 Å². The van der Waals surface area contributed by atoms with Crippen LogP contribution in [0.25, 0.3) is 0 Å². The second-order valence-electron chi connectivity index (χ2n) is 2.91. The molecule has 0 unspecified atom stereocenters. The first-order valence-electron chi connectivity index (χ1n) is 4.02. The van der Waals surface area contributed by atoms with E-state index in [0.29, 0.717) is 0 Å². The van der Waals surface area contributed by atoms with Gasteiger partial charge in [-0.05, 0) is 11.6 Å². The van der Waals surface area contributed by atoms with Crippen LogP contribution in [0, 0.1) is 11.3 Å². The van der Waals surface area contributed by atoms with E-state index >= 15 is 0 Å². The first kappa shape index (κ1) is 11.2. The lowest BCUT2D eigenvalue weighted by atomic mass is 10.1. The van der Waals surface area contributed by atoms with Crippen LogP contribution in [0.5, 0.6) is 0 Å². The van der Waals surface area contributed by atoms with Crippen molar-refractivity contribution in [2.75, 3.05) is 0 Å². The number of hydrogen-bond acceptors (Lipinski definition) is 2. The van der Waals surface area contributed by atoms with Crippen molar-refractivity contribution in [1.82, 2.24) is 0 Å². The molecule has 0 saturated heterocycles. The van der Waals surface area contributed by atoms with Crippen molar-refractivity contribution in [2.45, 2.75) is 12.6 Å². The minimum Gasteiger partial charge on any atom is -0.282 e. The van der Waals surface area contributed by atoms with Gasteiger partial charge in [0.15, 0.2) is 0 Å². The zero-order valence-corrected chi connectivity index (χ0v) is 7.51. The van der Waals surface area contributed by atoms with Crippen molar-refractivity contribution in [3.05, 3.63) is 35.4 Å². The van der Waals surface area contributed by atoms with Crippen LogP contribution in [-0.4, -0.2) is 5.78 Å². The molecule has 0 aliphatic rings. The van der Waals surface area contributed by atoms with Crippen molar-refractivity contribution in [1.29, 1.82) is 5.26 Å². The molecule has 78 valence electrons. The molecule has 1 rings (SSSR count). The van der Waals surface area contributed by atoms with E-state index in [4.69, 9.17) is 5.26 Å². The summed E-state index contributed by atoms with van der Waals surface area (Å²) in [5, 5.41) is 8.20. The van der Waals surface area contributed by atoms with Gasteiger partial charge in [0.05, 0.1) is 5.56 Å². The quantitative estimate of drug-likeness (QED) is 0.707. The Bertz CT molecular complexity index is 417. The van der Waals surface area contributed by atoms with E-state index in [-0.39, 0.29) is 12.0 Å². The summed E-state index contributed by atoms with van der Waals surface area (Å²) in [5.74, 6) is -0.755. The molecule has 1 aromatic carbocycles. The number of carbonyl (C=O) groups excluding carboxylic acids is 1. The topological polar surface area (TPSA) is 40.9 Å². The molecular weight excluding hydrogens is 207 g/mol. The van der Waals surface area contributed by atoms with E-state index in [1.165, 1.54) is 18.2 Å². The highest BCUT2D eigenvalue weighted by atomic mass is 19.4. The van der Waals surface area contributed by atoms with Crippen LogP contribution in [0.4, 0.5) is 13.2 Å². The van der Waals surface area contributed by atoms with Gasteiger partial charge in [-0.2, -0.15) is 18.4 Å². The van der Waals surface area contributed by atoms with Gasteiger partial charge in [0.25, 0.3) is 0 Å². The maximum Gasteiger partial charge on any atom is 0.416 e. The van der Waals surface area contributed by atoms with Crippen LogP contribution in [0.1, 0.15) is 11.1 Å². The monoisotopic (exact) mass is 213 g/mol. The molecule has 5 heteroatoms. The van der Waals surface area contributed by atoms with Gasteiger partial charge in [-0.15, -0.1) is 0 Å². The Labute approximate surface area is 83.9 Å². The van der Waals surface area contributed by atoms with Gasteiger partial charge in [-0.1, -0.05) is 18.2 Å². The molecule has 0 aliphatic heterocycles. The maximum absolute atomic E-state index is 12.2. The van der Waals surface area contributed by atoms with Crippen molar-refractivity contribution >= 4 is 5.78 Å². The fourth-order valence-electron chi connectivity index (χ4n) is 1.08. The minimum absolute atomic E-state index is 0.191. The SMILES string of the molecule is N#CC(=O)Cc1cccc(C(F)(F)F)c1. The number of Topliss-reactive ketones (excluding diaryl/α,β-unsaturated/α-hetero) is 1. The Balaban J connectivity index is 2.94. The van der Waals surface area contributed by atoms with E-state index in [1.54, 1.807) is 0 Å². The Morgan fingerprint density at radius 1 is 1.40 bits per heavy atom. The second-order valence-corrected chi connectivity index (χ2v) is 2.91. The van der Waals surface area contributed by atoms with Gasteiger partial charge in [0.2, 0.25) is 5.78 Å². The largest absolute Gasteiger partial charge is 0.416 e. The summed E-state index contributed by atoms with van der Waals surface area (Å²) in [6, 6.07) is 5.73. The van der Waals surface area contributed by atoms with Crippen molar-refractivity contribution in [2.24, 2.45) is 0 Å². The number of ketones is 1. The van der Waals surface area contributed by atoms with Gasteiger partial charge in [0.1, 0.15) is 6.07 Å². The zero-order valence-electron chi connectivity index (χ0n) is 7.51. The van der Waals surface area contributed by atoms with Crippen LogP contribution < -0.4 is 0 Å². The number of alkyl halides is 3. The fourth-order valence-corrected chi connectivity index (χ4v) is 1.08. The number of benzene rings is 1. The first-order chi connectivity index (χ1) is 6.93. The van der Waals surface area contributed by atoms with E-state index in [1.807, 2.05) is 0 Å². The fraction of sp³-hybridized carbons (Fsp3) is 0.200. The number of hydrogen-bond donors (Lipinski definition) is 0. The van der Waals surface area contributed by atoms with Gasteiger partial charge in [0, 0.05) is 6.42 Å². The highest BCUT2D eigenvalue weighted by molar-refractivity contribution is 5.94. The average Bonchev–Trinajstić information content (AvgIpc) is 2.17. The van der Waals surface area contributed by atoms with E-state index in [0.717, 1.165) is 12.1 Å². The van der Waals surface area contributed by atoms with Crippen LogP contribution in [0.15, 0.2) is 24.3 Å². The lowest BCUT2D eigenvalue weighted by Crippen LogP contribution is -2.06. The van der Waals surface area contributed by atoms with Gasteiger partial charge in [-0.25, -0.2) is 0 Å². The smallest absolute Gasteiger partial charge is 0.282 e. The van der Waals surface area contributed by atoms with Crippen LogP contribution in [0.3, 0.4) is 0 Å². The highest BCUT2D eigenvalue weighted by Gasteiger charge is 2.30. The highest BCUT2D eigenvalue weighted by Crippen LogP contribution is 2.29. The van der Waals surface area contributed by atoms with Gasteiger partial charge < -0.3 is 0 Å². The normalized spacial score (nSPS) is 10.8. The van der Waals surface area contributed by atoms with Gasteiger partial charge in [-0.3, -0.25) is 4.79 Å². The standard InChI is InChI=1S/C10H6F3NO/c11-10(12,13)8-3-1-2-7(4-8)5-9(15)6-14/h1-4H,5H2. The number of carbonyl (C=O) groups is 1. The zero-order chi connectivity index (χ0) is 11.5. The first-order valence-corrected chi connectivity index (χ1v) is 4.02. The molecule has 0 spiro atoms. The Morgan fingerprint density at radius 3 is 2.60 bits per heavy atom. The number of rotatable bonds is 2. The molecule has 0 amide bonds. The van der Waals surface area contributed by atoms with Crippen LogP contribution in [0.2, 0.25) is 0 Å². The Kier molecular flexibility index (Phi) is 3.10. The lowest BCUT2D eigenvalue weighted by Gasteiger charge is -2.07. The predicted molar refractivity (Wildman–Crippen MR) is 45.8 cm³/mol. The summed E-state index contributed by atoms with van der Waals surface area (Å²) in [6.45, 7) is 0. The summed E-state index contributed by atoms with van der Waals surface area (Å²) < 4.78 is 36.7.